The third-order valence-corrected chi connectivity index (χ3v) is 5.30. The third kappa shape index (κ3) is 2.62. The molecule has 0 saturated carbocycles. The lowest BCUT2D eigenvalue weighted by Crippen LogP contribution is -2.53. The molecule has 1 atom stereocenters. The normalized spacial score (nSPS) is 22.6. The molecule has 4 rings (SSSR count). The van der Waals surface area contributed by atoms with Crippen LogP contribution in [-0.4, -0.2) is 39.7 Å². The van der Waals surface area contributed by atoms with E-state index in [0.717, 1.165) is 43.0 Å². The number of piperidine rings is 1. The zero-order valence-electron chi connectivity index (χ0n) is 13.8. The van der Waals surface area contributed by atoms with Crippen molar-refractivity contribution in [2.75, 3.05) is 18.0 Å². The first-order valence-electron chi connectivity index (χ1n) is 8.42. The first-order valence-corrected chi connectivity index (χ1v) is 8.42. The first kappa shape index (κ1) is 15.1. The fraction of sp³-hybridized carbons (Fsp3) is 0.444. The molecule has 24 heavy (non-hydrogen) atoms. The highest BCUT2D eigenvalue weighted by Crippen LogP contribution is 2.43. The molecule has 2 aromatic heterocycles. The zero-order chi connectivity index (χ0) is 16.6. The minimum atomic E-state index is -0.158. The molecule has 2 fully saturated rings. The largest absolute Gasteiger partial charge is 0.355 e. The lowest BCUT2D eigenvalue weighted by atomic mass is 9.75. The maximum atomic E-state index is 12.1. The lowest BCUT2D eigenvalue weighted by Gasteiger charge is -2.43. The fourth-order valence-corrected chi connectivity index (χ4v) is 3.98. The van der Waals surface area contributed by atoms with Gasteiger partial charge in [0.25, 0.3) is 0 Å². The standard InChI is InChI=1S/C18H21N5O/c1-13-4-5-16(22-21-13)23-9-6-18(7-10-23)15(11-17(24)20-18)14-3-2-8-19-12-14/h2-5,8,12,15H,6-7,9-11H2,1H3,(H,20,24). The molecule has 1 spiro atoms. The summed E-state index contributed by atoms with van der Waals surface area (Å²) in [5.74, 6) is 1.26. The molecule has 1 N–H and O–H groups in total. The van der Waals surface area contributed by atoms with Crippen LogP contribution in [0.2, 0.25) is 0 Å². The highest BCUT2D eigenvalue weighted by Gasteiger charge is 2.48. The van der Waals surface area contributed by atoms with E-state index in [4.69, 9.17) is 0 Å². The van der Waals surface area contributed by atoms with Gasteiger partial charge in [-0.25, -0.2) is 0 Å². The SMILES string of the molecule is Cc1ccc(N2CCC3(CC2)NC(=O)CC3c2cccnc2)nn1. The van der Waals surface area contributed by atoms with E-state index >= 15 is 0 Å². The Morgan fingerprint density at radius 1 is 1.21 bits per heavy atom. The van der Waals surface area contributed by atoms with Crippen LogP contribution in [0.15, 0.2) is 36.7 Å². The first-order chi connectivity index (χ1) is 11.7. The summed E-state index contributed by atoms with van der Waals surface area (Å²) in [6.07, 6.45) is 6.04. The Bertz CT molecular complexity index is 723. The average molecular weight is 323 g/mol. The zero-order valence-corrected chi connectivity index (χ0v) is 13.8. The Morgan fingerprint density at radius 3 is 2.71 bits per heavy atom. The second-order valence-corrected chi connectivity index (χ2v) is 6.77. The van der Waals surface area contributed by atoms with Gasteiger partial charge in [-0.3, -0.25) is 9.78 Å². The van der Waals surface area contributed by atoms with Gasteiger partial charge in [-0.15, -0.1) is 5.10 Å². The fourth-order valence-electron chi connectivity index (χ4n) is 3.98. The second-order valence-electron chi connectivity index (χ2n) is 6.77. The number of pyridine rings is 1. The van der Waals surface area contributed by atoms with E-state index in [9.17, 15) is 4.79 Å². The molecule has 0 radical (unpaired) electrons. The van der Waals surface area contributed by atoms with Gasteiger partial charge in [0, 0.05) is 37.8 Å². The molecule has 0 bridgehead atoms. The van der Waals surface area contributed by atoms with E-state index in [1.165, 1.54) is 0 Å². The summed E-state index contributed by atoms with van der Waals surface area (Å²) in [6, 6.07) is 8.04. The van der Waals surface area contributed by atoms with Gasteiger partial charge < -0.3 is 10.2 Å². The Hall–Kier alpha value is -2.50. The molecular weight excluding hydrogens is 302 g/mol. The molecule has 1 unspecified atom stereocenters. The molecular formula is C18H21N5O. The van der Waals surface area contributed by atoms with E-state index in [2.05, 4.69) is 31.5 Å². The van der Waals surface area contributed by atoms with Crippen LogP contribution in [0.3, 0.4) is 0 Å². The highest BCUT2D eigenvalue weighted by atomic mass is 16.2. The molecule has 4 heterocycles. The van der Waals surface area contributed by atoms with Crippen LogP contribution < -0.4 is 10.2 Å². The van der Waals surface area contributed by atoms with E-state index in [0.29, 0.717) is 6.42 Å². The van der Waals surface area contributed by atoms with Crippen molar-refractivity contribution in [1.82, 2.24) is 20.5 Å². The van der Waals surface area contributed by atoms with E-state index < -0.39 is 0 Å². The number of aromatic nitrogens is 3. The van der Waals surface area contributed by atoms with Crippen LogP contribution in [0.1, 0.15) is 36.4 Å². The van der Waals surface area contributed by atoms with Crippen molar-refractivity contribution in [3.8, 4) is 0 Å². The summed E-state index contributed by atoms with van der Waals surface area (Å²) < 4.78 is 0. The van der Waals surface area contributed by atoms with Gasteiger partial charge in [-0.05, 0) is 43.5 Å². The van der Waals surface area contributed by atoms with Crippen molar-refractivity contribution >= 4 is 11.7 Å². The van der Waals surface area contributed by atoms with E-state index in [1.807, 2.05) is 31.3 Å². The number of rotatable bonds is 2. The number of nitrogens with one attached hydrogen (secondary N) is 1. The monoisotopic (exact) mass is 323 g/mol. The van der Waals surface area contributed by atoms with Crippen molar-refractivity contribution in [3.05, 3.63) is 47.9 Å². The number of hydrogen-bond donors (Lipinski definition) is 1. The molecule has 2 aliphatic rings. The van der Waals surface area contributed by atoms with Crippen LogP contribution in [0, 0.1) is 6.92 Å². The summed E-state index contributed by atoms with van der Waals surface area (Å²) >= 11 is 0. The van der Waals surface area contributed by atoms with Crippen LogP contribution in [0.25, 0.3) is 0 Å². The molecule has 2 aliphatic heterocycles. The van der Waals surface area contributed by atoms with Crippen LogP contribution in [0.4, 0.5) is 5.82 Å². The quantitative estimate of drug-likeness (QED) is 0.913. The minimum Gasteiger partial charge on any atom is -0.355 e. The molecule has 0 aromatic carbocycles. The Kier molecular flexibility index (Phi) is 3.67. The topological polar surface area (TPSA) is 71.0 Å². The van der Waals surface area contributed by atoms with Crippen molar-refractivity contribution in [3.63, 3.8) is 0 Å². The molecule has 6 nitrogen and oxygen atoms in total. The van der Waals surface area contributed by atoms with Crippen molar-refractivity contribution < 1.29 is 4.79 Å². The minimum absolute atomic E-state index is 0.146. The Labute approximate surface area is 141 Å². The molecule has 0 aliphatic carbocycles. The van der Waals surface area contributed by atoms with E-state index in [-0.39, 0.29) is 17.4 Å². The van der Waals surface area contributed by atoms with Crippen LogP contribution >= 0.6 is 0 Å². The predicted molar refractivity (Wildman–Crippen MR) is 90.7 cm³/mol. The molecule has 124 valence electrons. The molecule has 1 amide bonds. The van der Waals surface area contributed by atoms with Gasteiger partial charge >= 0.3 is 0 Å². The smallest absolute Gasteiger partial charge is 0.221 e. The summed E-state index contributed by atoms with van der Waals surface area (Å²) in [7, 11) is 0. The molecule has 2 saturated heterocycles. The van der Waals surface area contributed by atoms with Gasteiger partial charge in [-0.2, -0.15) is 5.10 Å². The summed E-state index contributed by atoms with van der Waals surface area (Å²) in [5, 5.41) is 11.7. The molecule has 2 aromatic rings. The van der Waals surface area contributed by atoms with Crippen molar-refractivity contribution in [2.24, 2.45) is 0 Å². The van der Waals surface area contributed by atoms with Gasteiger partial charge in [-0.1, -0.05) is 6.07 Å². The predicted octanol–water partition coefficient (Wildman–Crippen LogP) is 1.82. The summed E-state index contributed by atoms with van der Waals surface area (Å²) in [4.78, 5) is 18.6. The Balaban J connectivity index is 1.54. The number of aryl methyl sites for hydroxylation is 1. The highest BCUT2D eigenvalue weighted by molar-refractivity contribution is 5.81. The van der Waals surface area contributed by atoms with Crippen LogP contribution in [-0.2, 0) is 4.79 Å². The van der Waals surface area contributed by atoms with Gasteiger partial charge in [0.15, 0.2) is 5.82 Å². The summed E-state index contributed by atoms with van der Waals surface area (Å²) in [5.41, 5.74) is 1.92. The van der Waals surface area contributed by atoms with Crippen LogP contribution in [0.5, 0.6) is 0 Å². The Morgan fingerprint density at radius 2 is 2.04 bits per heavy atom. The number of carbonyl (C=O) groups is 1. The third-order valence-electron chi connectivity index (χ3n) is 5.30. The summed E-state index contributed by atoms with van der Waals surface area (Å²) in [6.45, 7) is 3.68. The maximum Gasteiger partial charge on any atom is 0.221 e. The van der Waals surface area contributed by atoms with Crippen molar-refractivity contribution in [1.29, 1.82) is 0 Å². The number of carbonyl (C=O) groups excluding carboxylic acids is 1. The van der Waals surface area contributed by atoms with Crippen molar-refractivity contribution in [2.45, 2.75) is 37.6 Å². The average Bonchev–Trinajstić information content (AvgIpc) is 2.93. The number of amides is 1. The van der Waals surface area contributed by atoms with Gasteiger partial charge in [0.2, 0.25) is 5.91 Å². The maximum absolute atomic E-state index is 12.1. The van der Waals surface area contributed by atoms with Gasteiger partial charge in [0.1, 0.15) is 0 Å². The number of hydrogen-bond acceptors (Lipinski definition) is 5. The van der Waals surface area contributed by atoms with E-state index in [1.54, 1.807) is 6.20 Å². The number of anilines is 1. The second kappa shape index (κ2) is 5.85. The van der Waals surface area contributed by atoms with Gasteiger partial charge in [0.05, 0.1) is 11.2 Å². The lowest BCUT2D eigenvalue weighted by molar-refractivity contribution is -0.119. The molecule has 6 heteroatoms. The number of nitrogens with zero attached hydrogens (tertiary/aromatic N) is 4.